The van der Waals surface area contributed by atoms with Crippen molar-refractivity contribution in [2.24, 2.45) is 5.73 Å². The van der Waals surface area contributed by atoms with E-state index in [1.807, 2.05) is 7.05 Å². The van der Waals surface area contributed by atoms with Crippen molar-refractivity contribution >= 4 is 27.4 Å². The first kappa shape index (κ1) is 13.2. The van der Waals surface area contributed by atoms with Crippen LogP contribution in [0, 0.1) is 6.92 Å². The summed E-state index contributed by atoms with van der Waals surface area (Å²) >= 11 is 1.69. The molecule has 0 amide bonds. The molecule has 0 fully saturated rings. The Bertz CT molecular complexity index is 514. The Balaban J connectivity index is 2.10. The molecule has 0 aliphatic heterocycles. The largest absolute Gasteiger partial charge is 0.378 e. The Morgan fingerprint density at radius 3 is 3.00 bits per heavy atom. The lowest BCUT2D eigenvalue weighted by Crippen LogP contribution is -2.24. The first-order valence-corrected chi connectivity index (χ1v) is 6.79. The van der Waals surface area contributed by atoms with Crippen LogP contribution in [0.25, 0.3) is 10.2 Å². The Hall–Kier alpha value is -1.24. The Labute approximate surface area is 111 Å². The molecule has 0 bridgehead atoms. The number of aryl methyl sites for hydroxylation is 1. The maximum atomic E-state index is 5.39. The van der Waals surface area contributed by atoms with Gasteiger partial charge in [-0.2, -0.15) is 0 Å². The molecule has 98 valence electrons. The van der Waals surface area contributed by atoms with Crippen molar-refractivity contribution in [3.8, 4) is 0 Å². The van der Waals surface area contributed by atoms with Crippen molar-refractivity contribution in [2.75, 3.05) is 38.3 Å². The van der Waals surface area contributed by atoms with Gasteiger partial charge in [-0.15, -0.1) is 11.3 Å². The molecule has 5 nitrogen and oxygen atoms in total. The summed E-state index contributed by atoms with van der Waals surface area (Å²) in [6.07, 6.45) is 1.62. The van der Waals surface area contributed by atoms with Crippen LogP contribution in [0.5, 0.6) is 0 Å². The average Bonchev–Trinajstić information content (AvgIpc) is 2.76. The Kier molecular flexibility index (Phi) is 4.46. The molecule has 0 aliphatic carbocycles. The third-order valence-electron chi connectivity index (χ3n) is 2.71. The van der Waals surface area contributed by atoms with Crippen molar-refractivity contribution in [3.05, 3.63) is 17.3 Å². The van der Waals surface area contributed by atoms with Gasteiger partial charge in [0.15, 0.2) is 0 Å². The summed E-state index contributed by atoms with van der Waals surface area (Å²) in [5.74, 6) is 0.967. The van der Waals surface area contributed by atoms with Gasteiger partial charge in [0.05, 0.1) is 23.4 Å². The van der Waals surface area contributed by atoms with Gasteiger partial charge in [0.1, 0.15) is 12.1 Å². The molecule has 0 atom stereocenters. The van der Waals surface area contributed by atoms with Gasteiger partial charge in [-0.1, -0.05) is 0 Å². The summed E-state index contributed by atoms with van der Waals surface area (Å²) in [5.41, 5.74) is 7.62. The first-order valence-electron chi connectivity index (χ1n) is 5.91. The van der Waals surface area contributed by atoms with E-state index < -0.39 is 0 Å². The molecule has 0 saturated carbocycles. The van der Waals surface area contributed by atoms with E-state index in [-0.39, 0.29) is 0 Å². The van der Waals surface area contributed by atoms with Gasteiger partial charge in [0.25, 0.3) is 0 Å². The van der Waals surface area contributed by atoms with Crippen LogP contribution in [0.3, 0.4) is 0 Å². The van der Waals surface area contributed by atoms with Crippen LogP contribution in [0.15, 0.2) is 11.7 Å². The molecule has 2 rings (SSSR count). The standard InChI is InChI=1S/C12H18N4OS/c1-9-7-18-11-10(9)14-8-15-12(11)16(2)4-6-17-5-3-13/h7-8H,3-6,13H2,1-2H3. The average molecular weight is 266 g/mol. The molecule has 2 heterocycles. The molecule has 18 heavy (non-hydrogen) atoms. The van der Waals surface area contributed by atoms with Crippen LogP contribution >= 0.6 is 11.3 Å². The molecule has 0 aromatic carbocycles. The van der Waals surface area contributed by atoms with Gasteiger partial charge in [0.2, 0.25) is 0 Å². The smallest absolute Gasteiger partial charge is 0.149 e. The highest BCUT2D eigenvalue weighted by atomic mass is 32.1. The van der Waals surface area contributed by atoms with Gasteiger partial charge in [-0.3, -0.25) is 0 Å². The van der Waals surface area contributed by atoms with Crippen LogP contribution in [0.2, 0.25) is 0 Å². The number of rotatable bonds is 6. The van der Waals surface area contributed by atoms with E-state index in [0.29, 0.717) is 19.8 Å². The molecular formula is C12H18N4OS. The number of thiophene rings is 1. The second-order valence-electron chi connectivity index (χ2n) is 4.12. The fourth-order valence-electron chi connectivity index (χ4n) is 1.72. The van der Waals surface area contributed by atoms with Gasteiger partial charge in [-0.25, -0.2) is 9.97 Å². The number of likely N-dealkylation sites (N-methyl/N-ethyl adjacent to an activating group) is 1. The second kappa shape index (κ2) is 6.08. The van der Waals surface area contributed by atoms with Gasteiger partial charge >= 0.3 is 0 Å². The normalized spacial score (nSPS) is 11.1. The molecule has 2 aromatic heterocycles. The highest BCUT2D eigenvalue weighted by molar-refractivity contribution is 7.18. The number of anilines is 1. The van der Waals surface area contributed by atoms with E-state index in [1.165, 1.54) is 5.56 Å². The number of nitrogens with two attached hydrogens (primary N) is 1. The number of aromatic nitrogens is 2. The number of hydrogen-bond acceptors (Lipinski definition) is 6. The maximum Gasteiger partial charge on any atom is 0.149 e. The van der Waals surface area contributed by atoms with E-state index in [9.17, 15) is 0 Å². The number of nitrogens with zero attached hydrogens (tertiary/aromatic N) is 3. The van der Waals surface area contributed by atoms with E-state index >= 15 is 0 Å². The van der Waals surface area contributed by atoms with Crippen molar-refractivity contribution in [2.45, 2.75) is 6.92 Å². The Morgan fingerprint density at radius 2 is 2.22 bits per heavy atom. The molecule has 6 heteroatoms. The fourth-order valence-corrected chi connectivity index (χ4v) is 2.77. The van der Waals surface area contributed by atoms with Crippen molar-refractivity contribution in [3.63, 3.8) is 0 Å². The van der Waals surface area contributed by atoms with Crippen LogP contribution in [0.1, 0.15) is 5.56 Å². The van der Waals surface area contributed by atoms with E-state index in [0.717, 1.165) is 22.6 Å². The molecule has 2 N–H and O–H groups in total. The summed E-state index contributed by atoms with van der Waals surface area (Å²) in [5, 5.41) is 2.11. The minimum atomic E-state index is 0.561. The minimum absolute atomic E-state index is 0.561. The van der Waals surface area contributed by atoms with Crippen molar-refractivity contribution in [1.82, 2.24) is 9.97 Å². The van der Waals surface area contributed by atoms with Crippen LogP contribution in [-0.2, 0) is 4.74 Å². The third-order valence-corrected chi connectivity index (χ3v) is 3.79. The van der Waals surface area contributed by atoms with E-state index in [4.69, 9.17) is 10.5 Å². The summed E-state index contributed by atoms with van der Waals surface area (Å²) in [6.45, 7) is 4.68. The molecule has 0 radical (unpaired) electrons. The minimum Gasteiger partial charge on any atom is -0.378 e. The number of hydrogen-bond donors (Lipinski definition) is 1. The Morgan fingerprint density at radius 1 is 1.39 bits per heavy atom. The molecule has 0 spiro atoms. The third kappa shape index (κ3) is 2.77. The summed E-state index contributed by atoms with van der Waals surface area (Å²) in [4.78, 5) is 10.8. The zero-order chi connectivity index (χ0) is 13.0. The molecular weight excluding hydrogens is 248 g/mol. The van der Waals surface area contributed by atoms with Gasteiger partial charge in [-0.05, 0) is 17.9 Å². The summed E-state index contributed by atoms with van der Waals surface area (Å²) in [7, 11) is 2.02. The topological polar surface area (TPSA) is 64.3 Å². The summed E-state index contributed by atoms with van der Waals surface area (Å²) < 4.78 is 6.52. The highest BCUT2D eigenvalue weighted by Crippen LogP contribution is 2.29. The van der Waals surface area contributed by atoms with E-state index in [1.54, 1.807) is 17.7 Å². The van der Waals surface area contributed by atoms with Crippen molar-refractivity contribution < 1.29 is 4.74 Å². The fraction of sp³-hybridized carbons (Fsp3) is 0.500. The lowest BCUT2D eigenvalue weighted by Gasteiger charge is -2.18. The summed E-state index contributed by atoms with van der Waals surface area (Å²) in [6, 6.07) is 0. The highest BCUT2D eigenvalue weighted by Gasteiger charge is 2.11. The zero-order valence-electron chi connectivity index (χ0n) is 10.7. The van der Waals surface area contributed by atoms with E-state index in [2.05, 4.69) is 27.2 Å². The lowest BCUT2D eigenvalue weighted by atomic mass is 10.3. The molecule has 0 saturated heterocycles. The van der Waals surface area contributed by atoms with Gasteiger partial charge in [0, 0.05) is 20.1 Å². The van der Waals surface area contributed by atoms with Crippen LogP contribution in [0.4, 0.5) is 5.82 Å². The lowest BCUT2D eigenvalue weighted by molar-refractivity contribution is 0.148. The predicted octanol–water partition coefficient (Wildman–Crippen LogP) is 1.41. The number of ether oxygens (including phenoxy) is 1. The first-order chi connectivity index (χ1) is 8.74. The zero-order valence-corrected chi connectivity index (χ0v) is 11.5. The van der Waals surface area contributed by atoms with Crippen LogP contribution in [-0.4, -0.2) is 43.3 Å². The molecule has 0 unspecified atom stereocenters. The molecule has 2 aromatic rings. The predicted molar refractivity (Wildman–Crippen MR) is 75.3 cm³/mol. The SMILES string of the molecule is Cc1csc2c(N(C)CCOCCN)ncnc12. The van der Waals surface area contributed by atoms with Crippen molar-refractivity contribution in [1.29, 1.82) is 0 Å². The number of fused-ring (bicyclic) bond motifs is 1. The monoisotopic (exact) mass is 266 g/mol. The molecule has 0 aliphatic rings. The van der Waals surface area contributed by atoms with Gasteiger partial charge < -0.3 is 15.4 Å². The second-order valence-corrected chi connectivity index (χ2v) is 5.00. The van der Waals surface area contributed by atoms with Crippen LogP contribution < -0.4 is 10.6 Å². The quantitative estimate of drug-likeness (QED) is 0.801. The maximum absolute atomic E-state index is 5.39.